The van der Waals surface area contributed by atoms with Crippen LogP contribution in [0.4, 0.5) is 23.1 Å². The van der Waals surface area contributed by atoms with Gasteiger partial charge in [0.25, 0.3) is 0 Å². The summed E-state index contributed by atoms with van der Waals surface area (Å²) < 4.78 is 0. The van der Waals surface area contributed by atoms with E-state index in [1.54, 1.807) is 6.20 Å². The molecule has 0 atom stereocenters. The predicted octanol–water partition coefficient (Wildman–Crippen LogP) is 3.39. The van der Waals surface area contributed by atoms with Gasteiger partial charge in [-0.1, -0.05) is 19.4 Å². The average molecular weight is 299 g/mol. The highest BCUT2D eigenvalue weighted by Gasteiger charge is 2.02. The first-order chi connectivity index (χ1) is 10.7. The lowest BCUT2D eigenvalue weighted by molar-refractivity contribution is -0.114. The Morgan fingerprint density at radius 2 is 2.05 bits per heavy atom. The van der Waals surface area contributed by atoms with Crippen molar-refractivity contribution in [3.8, 4) is 0 Å². The fourth-order valence-electron chi connectivity index (χ4n) is 1.92. The lowest BCUT2D eigenvalue weighted by Crippen LogP contribution is -2.07. The highest BCUT2D eigenvalue weighted by atomic mass is 16.1. The number of carbonyl (C=O) groups excluding carboxylic acids is 1. The van der Waals surface area contributed by atoms with Crippen molar-refractivity contribution in [2.75, 3.05) is 22.5 Å². The predicted molar refractivity (Wildman–Crippen MR) is 89.5 cm³/mol. The SMILES string of the molecule is CCCCNc1ccnc(Nc2cccc(NC(C)=O)c2)n1. The zero-order chi connectivity index (χ0) is 15.8. The van der Waals surface area contributed by atoms with E-state index >= 15 is 0 Å². The Morgan fingerprint density at radius 3 is 2.82 bits per heavy atom. The number of hydrogen-bond acceptors (Lipinski definition) is 5. The Bertz CT molecular complexity index is 629. The van der Waals surface area contributed by atoms with E-state index < -0.39 is 0 Å². The van der Waals surface area contributed by atoms with Crippen LogP contribution < -0.4 is 16.0 Å². The van der Waals surface area contributed by atoms with Crippen LogP contribution in [0.1, 0.15) is 26.7 Å². The summed E-state index contributed by atoms with van der Waals surface area (Å²) in [6.07, 6.45) is 3.95. The summed E-state index contributed by atoms with van der Waals surface area (Å²) in [5.74, 6) is 1.21. The van der Waals surface area contributed by atoms with Crippen molar-refractivity contribution in [3.05, 3.63) is 36.5 Å². The van der Waals surface area contributed by atoms with E-state index in [1.807, 2.05) is 30.3 Å². The van der Waals surface area contributed by atoms with Crippen molar-refractivity contribution in [3.63, 3.8) is 0 Å². The number of hydrogen-bond donors (Lipinski definition) is 3. The van der Waals surface area contributed by atoms with Crippen LogP contribution in [0.2, 0.25) is 0 Å². The van der Waals surface area contributed by atoms with Gasteiger partial charge in [-0.2, -0.15) is 4.98 Å². The highest BCUT2D eigenvalue weighted by molar-refractivity contribution is 5.89. The molecular weight excluding hydrogens is 278 g/mol. The summed E-state index contributed by atoms with van der Waals surface area (Å²) in [6, 6.07) is 9.26. The summed E-state index contributed by atoms with van der Waals surface area (Å²) in [7, 11) is 0. The Hall–Kier alpha value is -2.63. The molecule has 1 aromatic heterocycles. The second kappa shape index (κ2) is 7.97. The summed E-state index contributed by atoms with van der Waals surface area (Å²) in [4.78, 5) is 19.7. The number of unbranched alkanes of at least 4 members (excludes halogenated alkanes) is 1. The first-order valence-electron chi connectivity index (χ1n) is 7.39. The largest absolute Gasteiger partial charge is 0.370 e. The molecule has 116 valence electrons. The van der Waals surface area contributed by atoms with Gasteiger partial charge in [-0.05, 0) is 30.7 Å². The topological polar surface area (TPSA) is 78.9 Å². The quantitative estimate of drug-likeness (QED) is 0.683. The minimum absolute atomic E-state index is 0.101. The van der Waals surface area contributed by atoms with Crippen molar-refractivity contribution >= 4 is 29.0 Å². The number of carbonyl (C=O) groups is 1. The van der Waals surface area contributed by atoms with E-state index in [2.05, 4.69) is 32.8 Å². The number of benzene rings is 1. The fourth-order valence-corrected chi connectivity index (χ4v) is 1.92. The summed E-state index contributed by atoms with van der Waals surface area (Å²) in [5, 5.41) is 9.14. The zero-order valence-electron chi connectivity index (χ0n) is 12.9. The van der Waals surface area contributed by atoms with Gasteiger partial charge in [-0.25, -0.2) is 4.98 Å². The number of anilines is 4. The van der Waals surface area contributed by atoms with Gasteiger partial charge in [0.2, 0.25) is 11.9 Å². The minimum atomic E-state index is -0.101. The van der Waals surface area contributed by atoms with Gasteiger partial charge in [0.15, 0.2) is 0 Å². The molecule has 0 saturated carbocycles. The first-order valence-corrected chi connectivity index (χ1v) is 7.39. The number of nitrogens with zero attached hydrogens (tertiary/aromatic N) is 2. The molecule has 22 heavy (non-hydrogen) atoms. The van der Waals surface area contributed by atoms with Crippen molar-refractivity contribution in [1.82, 2.24) is 9.97 Å². The van der Waals surface area contributed by atoms with Crippen LogP contribution in [0, 0.1) is 0 Å². The molecule has 1 amide bonds. The molecule has 2 rings (SSSR count). The second-order valence-corrected chi connectivity index (χ2v) is 4.93. The molecule has 2 aromatic rings. The molecular formula is C16H21N5O. The van der Waals surface area contributed by atoms with Crippen LogP contribution in [0.25, 0.3) is 0 Å². The average Bonchev–Trinajstić information content (AvgIpc) is 2.47. The molecule has 3 N–H and O–H groups in total. The zero-order valence-corrected chi connectivity index (χ0v) is 12.9. The monoisotopic (exact) mass is 299 g/mol. The van der Waals surface area contributed by atoms with Crippen LogP contribution in [0.15, 0.2) is 36.5 Å². The molecule has 0 saturated heterocycles. The van der Waals surface area contributed by atoms with E-state index in [0.717, 1.165) is 36.6 Å². The van der Waals surface area contributed by atoms with Gasteiger partial charge in [0.1, 0.15) is 5.82 Å². The Morgan fingerprint density at radius 1 is 1.23 bits per heavy atom. The van der Waals surface area contributed by atoms with E-state index in [9.17, 15) is 4.79 Å². The molecule has 0 radical (unpaired) electrons. The van der Waals surface area contributed by atoms with Crippen molar-refractivity contribution in [2.24, 2.45) is 0 Å². The number of aromatic nitrogens is 2. The van der Waals surface area contributed by atoms with E-state index in [1.165, 1.54) is 6.92 Å². The smallest absolute Gasteiger partial charge is 0.229 e. The maximum atomic E-state index is 11.1. The van der Waals surface area contributed by atoms with Crippen LogP contribution in [0.5, 0.6) is 0 Å². The van der Waals surface area contributed by atoms with Crippen molar-refractivity contribution in [1.29, 1.82) is 0 Å². The number of nitrogens with one attached hydrogen (secondary N) is 3. The Labute approximate surface area is 130 Å². The minimum Gasteiger partial charge on any atom is -0.370 e. The molecule has 6 heteroatoms. The molecule has 1 aromatic carbocycles. The summed E-state index contributed by atoms with van der Waals surface area (Å²) in [5.41, 5.74) is 1.55. The molecule has 0 aliphatic heterocycles. The third-order valence-electron chi connectivity index (χ3n) is 2.93. The normalized spacial score (nSPS) is 10.1. The van der Waals surface area contributed by atoms with Gasteiger partial charge in [-0.3, -0.25) is 4.79 Å². The van der Waals surface area contributed by atoms with Crippen molar-refractivity contribution < 1.29 is 4.79 Å². The van der Waals surface area contributed by atoms with Crippen LogP contribution >= 0.6 is 0 Å². The van der Waals surface area contributed by atoms with Crippen LogP contribution in [-0.4, -0.2) is 22.4 Å². The maximum Gasteiger partial charge on any atom is 0.229 e. The molecule has 0 fully saturated rings. The Balaban J connectivity index is 2.03. The number of amides is 1. The molecule has 0 spiro atoms. The van der Waals surface area contributed by atoms with Gasteiger partial charge in [0, 0.05) is 31.0 Å². The standard InChI is InChI=1S/C16H21N5O/c1-3-4-9-17-15-8-10-18-16(21-15)20-14-7-5-6-13(11-14)19-12(2)22/h5-8,10-11H,3-4,9H2,1-2H3,(H,19,22)(H2,17,18,20,21). The third kappa shape index (κ3) is 5.05. The highest BCUT2D eigenvalue weighted by Crippen LogP contribution is 2.18. The summed E-state index contributed by atoms with van der Waals surface area (Å²) in [6.45, 7) is 4.52. The van der Waals surface area contributed by atoms with E-state index in [0.29, 0.717) is 5.95 Å². The molecule has 0 bridgehead atoms. The van der Waals surface area contributed by atoms with E-state index in [4.69, 9.17) is 0 Å². The number of rotatable bonds is 7. The summed E-state index contributed by atoms with van der Waals surface area (Å²) >= 11 is 0. The van der Waals surface area contributed by atoms with Gasteiger partial charge in [-0.15, -0.1) is 0 Å². The lowest BCUT2D eigenvalue weighted by atomic mass is 10.3. The molecule has 0 aliphatic rings. The van der Waals surface area contributed by atoms with Gasteiger partial charge in [0.05, 0.1) is 0 Å². The Kier molecular flexibility index (Phi) is 5.71. The molecule has 0 aliphatic carbocycles. The molecule has 1 heterocycles. The third-order valence-corrected chi connectivity index (χ3v) is 2.93. The first kappa shape index (κ1) is 15.8. The maximum absolute atomic E-state index is 11.1. The second-order valence-electron chi connectivity index (χ2n) is 4.93. The molecule has 0 unspecified atom stereocenters. The van der Waals surface area contributed by atoms with Crippen molar-refractivity contribution in [2.45, 2.75) is 26.7 Å². The lowest BCUT2D eigenvalue weighted by Gasteiger charge is -2.09. The molecule has 6 nitrogen and oxygen atoms in total. The van der Waals surface area contributed by atoms with Gasteiger partial charge < -0.3 is 16.0 Å². The van der Waals surface area contributed by atoms with Gasteiger partial charge >= 0.3 is 0 Å². The fraction of sp³-hybridized carbons (Fsp3) is 0.312. The van der Waals surface area contributed by atoms with Crippen LogP contribution in [0.3, 0.4) is 0 Å². The van der Waals surface area contributed by atoms with E-state index in [-0.39, 0.29) is 5.91 Å². The van der Waals surface area contributed by atoms with Crippen LogP contribution in [-0.2, 0) is 4.79 Å².